The molecule has 79 heavy (non-hydrogen) atoms. The quantitative estimate of drug-likeness (QED) is 0.0274. The third-order valence-corrected chi connectivity index (χ3v) is 16.4. The van der Waals surface area contributed by atoms with Gasteiger partial charge in [-0.2, -0.15) is 71.0 Å². The van der Waals surface area contributed by atoms with E-state index in [4.69, 9.17) is 0 Å². The van der Waals surface area contributed by atoms with Gasteiger partial charge >= 0.3 is 11.9 Å². The molecule has 7 aromatic carbocycles. The highest BCUT2D eigenvalue weighted by Crippen LogP contribution is 2.39. The number of nitrogens with one attached hydrogen (secondary N) is 2. The topological polar surface area (TPSA) is 497 Å². The first-order valence-corrected chi connectivity index (χ1v) is 29.3. The summed E-state index contributed by atoms with van der Waals surface area (Å²) in [5.41, 5.74) is -3.68. The standard InChI is InChI=1S/C43H30N6O24S6/c1-73-79(71,72)39-19-27(75(59,60)61)17-31-29(39)13-25(15-37(31)77(65,66)67)49-47-23-7-9-35(33(11-23)43(54)55)45-41(51)21-4-2-20(3-5-21)40(50)44-34-8-6-22(10-32(34)42(52)53)46-48-24-12-28-30(36(14-24)76(62,63)64)16-26(74(56,57)58)18-38(28)78(68,69)70/h2-19H,1H3,(H,44,50)(H,45,51)(H,52,53)(H,54,55)(H,56,57,58)(H,59,60,61)(H,62,63,64)(H,65,66,67)(H,68,69,70)/b48-46+,49-47+. The molecule has 9 N–H and O–H groups in total. The maximum Gasteiger partial charge on any atom is 0.337 e. The highest BCUT2D eigenvalue weighted by atomic mass is 32.2. The highest BCUT2D eigenvalue weighted by Gasteiger charge is 2.29. The van der Waals surface area contributed by atoms with Crippen LogP contribution in [0.15, 0.2) is 159 Å². The maximum atomic E-state index is 13.3. The molecular formula is C43H30N6O24S6. The molecule has 30 nitrogen and oxygen atoms in total. The third-order valence-electron chi connectivity index (χ3n) is 10.8. The van der Waals surface area contributed by atoms with Gasteiger partial charge in [-0.3, -0.25) is 36.5 Å². The fraction of sp³-hybridized carbons (Fsp3) is 0.0233. The van der Waals surface area contributed by atoms with Crippen LogP contribution in [0.25, 0.3) is 21.5 Å². The van der Waals surface area contributed by atoms with E-state index in [1.54, 1.807) is 0 Å². The van der Waals surface area contributed by atoms with Crippen LogP contribution in [0.3, 0.4) is 0 Å². The summed E-state index contributed by atoms with van der Waals surface area (Å²) >= 11 is 0. The van der Waals surface area contributed by atoms with Crippen LogP contribution in [0.2, 0.25) is 0 Å². The molecule has 412 valence electrons. The predicted molar refractivity (Wildman–Crippen MR) is 269 cm³/mol. The molecule has 2 amide bonds. The highest BCUT2D eigenvalue weighted by molar-refractivity contribution is 7.88. The molecular weight excluding hydrogens is 1180 g/mol. The summed E-state index contributed by atoms with van der Waals surface area (Å²) in [6.45, 7) is 0. The number of hydrogen-bond acceptors (Lipinski definition) is 21. The maximum absolute atomic E-state index is 13.3. The Bertz CT molecular complexity index is 4610. The van der Waals surface area contributed by atoms with Crippen molar-refractivity contribution in [2.75, 3.05) is 17.7 Å². The minimum atomic E-state index is -5.36. The molecule has 0 atom stereocenters. The molecule has 0 aliphatic rings. The van der Waals surface area contributed by atoms with Crippen molar-refractivity contribution in [3.05, 3.63) is 131 Å². The number of amides is 2. The van der Waals surface area contributed by atoms with Crippen molar-refractivity contribution in [2.24, 2.45) is 20.5 Å². The molecule has 0 fully saturated rings. The number of rotatable bonds is 17. The second kappa shape index (κ2) is 21.1. The van der Waals surface area contributed by atoms with Gasteiger partial charge in [0.1, 0.15) is 19.6 Å². The molecule has 0 aliphatic heterocycles. The molecule has 36 heteroatoms. The lowest BCUT2D eigenvalue weighted by Crippen LogP contribution is -2.16. The molecule has 0 heterocycles. The molecule has 0 aromatic heterocycles. The van der Waals surface area contributed by atoms with E-state index < -0.39 is 158 Å². The smallest absolute Gasteiger partial charge is 0.337 e. The van der Waals surface area contributed by atoms with Crippen molar-refractivity contribution in [1.29, 1.82) is 0 Å². The number of azo groups is 2. The molecule has 0 bridgehead atoms. The summed E-state index contributed by atoms with van der Waals surface area (Å²) < 4.78 is 200. The second-order valence-electron chi connectivity index (χ2n) is 15.9. The van der Waals surface area contributed by atoms with Crippen LogP contribution >= 0.6 is 0 Å². The second-order valence-corrected chi connectivity index (χ2v) is 24.6. The Morgan fingerprint density at radius 2 is 0.709 bits per heavy atom. The Kier molecular flexibility index (Phi) is 15.6. The zero-order chi connectivity index (χ0) is 58.5. The van der Waals surface area contributed by atoms with E-state index in [1.807, 2.05) is 0 Å². The predicted octanol–water partition coefficient (Wildman–Crippen LogP) is 6.29. The number of carboxylic acid groups (broad SMARTS) is 2. The van der Waals surface area contributed by atoms with E-state index in [0.29, 0.717) is 43.5 Å². The minimum absolute atomic E-state index is 0.144. The van der Waals surface area contributed by atoms with Crippen LogP contribution in [0.1, 0.15) is 41.4 Å². The van der Waals surface area contributed by atoms with Crippen molar-refractivity contribution in [3.8, 4) is 0 Å². The number of carbonyl (C=O) groups is 4. The molecule has 0 saturated heterocycles. The average Bonchev–Trinajstić information content (AvgIpc) is 3.35. The van der Waals surface area contributed by atoms with Gasteiger partial charge in [-0.15, -0.1) is 0 Å². The van der Waals surface area contributed by atoms with Gasteiger partial charge in [0, 0.05) is 32.7 Å². The lowest BCUT2D eigenvalue weighted by atomic mass is 10.1. The van der Waals surface area contributed by atoms with Crippen molar-refractivity contribution >= 4 is 140 Å². The first-order valence-electron chi connectivity index (χ1n) is 20.7. The number of carbonyl (C=O) groups excluding carboxylic acids is 2. The van der Waals surface area contributed by atoms with E-state index in [-0.39, 0.29) is 33.9 Å². The third kappa shape index (κ3) is 13.0. The summed E-state index contributed by atoms with van der Waals surface area (Å²) in [7, 11) is -30.5. The van der Waals surface area contributed by atoms with E-state index in [9.17, 15) is 103 Å². The van der Waals surface area contributed by atoms with Gasteiger partial charge in [0.25, 0.3) is 72.5 Å². The van der Waals surface area contributed by atoms with Crippen molar-refractivity contribution in [1.82, 2.24) is 0 Å². The Labute approximate surface area is 443 Å². The van der Waals surface area contributed by atoms with Gasteiger partial charge in [-0.1, -0.05) is 0 Å². The SMILES string of the molecule is COS(=O)(=O)c1cc(S(=O)(=O)O)cc2c(S(=O)(=O)O)cc(/N=N/c3ccc(NC(=O)c4ccc(C(=O)Nc5ccc(/N=N/c6cc(S(=O)(=O)O)c7cc(S(=O)(=O)O)cc(S(=O)(=O)O)c7c6)cc5C(=O)O)cc4)c(C(=O)O)c3)cc12. The summed E-state index contributed by atoms with van der Waals surface area (Å²) in [4.78, 5) is 44.5. The van der Waals surface area contributed by atoms with Gasteiger partial charge < -0.3 is 20.8 Å². The molecule has 0 unspecified atom stereocenters. The number of aromatic carboxylic acids is 2. The number of anilines is 2. The summed E-state index contributed by atoms with van der Waals surface area (Å²) in [5, 5.41) is 37.1. The van der Waals surface area contributed by atoms with Crippen molar-refractivity contribution in [2.45, 2.75) is 29.4 Å². The van der Waals surface area contributed by atoms with Gasteiger partial charge in [0.2, 0.25) is 0 Å². The Morgan fingerprint density at radius 3 is 1.04 bits per heavy atom. The molecule has 0 radical (unpaired) electrons. The van der Waals surface area contributed by atoms with Crippen molar-refractivity contribution < 1.29 is 107 Å². The molecule has 7 rings (SSSR count). The number of carboxylic acids is 2. The first-order chi connectivity index (χ1) is 36.5. The van der Waals surface area contributed by atoms with E-state index in [2.05, 4.69) is 35.3 Å². The fourth-order valence-corrected chi connectivity index (χ4v) is 11.5. The monoisotopic (exact) mass is 1210 g/mol. The zero-order valence-corrected chi connectivity index (χ0v) is 43.6. The summed E-state index contributed by atoms with van der Waals surface area (Å²) in [6.07, 6.45) is 0. The molecule has 0 spiro atoms. The van der Waals surface area contributed by atoms with E-state index >= 15 is 0 Å². The van der Waals surface area contributed by atoms with Gasteiger partial charge in [0.15, 0.2) is 0 Å². The van der Waals surface area contributed by atoms with Crippen LogP contribution < -0.4 is 10.6 Å². The van der Waals surface area contributed by atoms with Crippen LogP contribution in [-0.4, -0.2) is 114 Å². The zero-order valence-electron chi connectivity index (χ0n) is 38.7. The lowest BCUT2D eigenvalue weighted by molar-refractivity contribution is 0.0687. The minimum Gasteiger partial charge on any atom is -0.478 e. The van der Waals surface area contributed by atoms with Crippen LogP contribution in [0, 0.1) is 0 Å². The molecule has 7 aromatic rings. The first kappa shape index (κ1) is 58.3. The lowest BCUT2D eigenvalue weighted by Gasteiger charge is -2.12. The van der Waals surface area contributed by atoms with Crippen LogP contribution in [0.5, 0.6) is 0 Å². The van der Waals surface area contributed by atoms with E-state index in [0.717, 1.165) is 72.8 Å². The fourth-order valence-electron chi connectivity index (χ4n) is 7.22. The number of fused-ring (bicyclic) bond motifs is 2. The number of nitrogens with zero attached hydrogens (tertiary/aromatic N) is 4. The Hall–Kier alpha value is -8.40. The van der Waals surface area contributed by atoms with Gasteiger partial charge in [-0.05, 0) is 109 Å². The van der Waals surface area contributed by atoms with Gasteiger partial charge in [-0.25, -0.2) is 9.59 Å². The summed E-state index contributed by atoms with van der Waals surface area (Å²) in [5.74, 6) is -5.08. The largest absolute Gasteiger partial charge is 0.478 e. The average molecular weight is 1210 g/mol. The Morgan fingerprint density at radius 1 is 0.392 bits per heavy atom. The normalized spacial score (nSPS) is 12.8. The number of hydrogen-bond donors (Lipinski definition) is 9. The van der Waals surface area contributed by atoms with Crippen molar-refractivity contribution in [3.63, 3.8) is 0 Å². The van der Waals surface area contributed by atoms with Gasteiger partial charge in [0.05, 0.1) is 62.2 Å². The van der Waals surface area contributed by atoms with Crippen LogP contribution in [0.4, 0.5) is 34.1 Å². The van der Waals surface area contributed by atoms with E-state index in [1.165, 1.54) is 0 Å². The molecule has 0 aliphatic carbocycles. The Balaban J connectivity index is 1.10. The molecule has 0 saturated carbocycles. The van der Waals surface area contributed by atoms with Crippen LogP contribution in [-0.2, 0) is 64.9 Å². The number of benzene rings is 7. The summed E-state index contributed by atoms with van der Waals surface area (Å²) in [6, 6.07) is 15.5.